The van der Waals surface area contributed by atoms with E-state index in [0.29, 0.717) is 48.7 Å². The van der Waals surface area contributed by atoms with Gasteiger partial charge in [0.1, 0.15) is 17.8 Å². The SMILES string of the molecule is Cn1cnnc1C(c1cc(C#N)cc(NCc2ncc(CN3CCC(C)(F)CC3)cc2C(F)(F)F)c1)C1CCC1. The first-order valence-corrected chi connectivity index (χ1v) is 13.6. The van der Waals surface area contributed by atoms with Gasteiger partial charge in [0.05, 0.1) is 29.4 Å². The minimum atomic E-state index is -4.58. The van der Waals surface area contributed by atoms with Gasteiger partial charge in [-0.3, -0.25) is 9.88 Å². The molecule has 7 nitrogen and oxygen atoms in total. The molecule has 0 radical (unpaired) electrons. The third-order valence-electron chi connectivity index (χ3n) is 8.19. The number of aromatic nitrogens is 4. The molecule has 2 aromatic heterocycles. The third-order valence-corrected chi connectivity index (χ3v) is 8.19. The first kappa shape index (κ1) is 28.0. The van der Waals surface area contributed by atoms with Crippen molar-refractivity contribution in [1.82, 2.24) is 24.6 Å². The van der Waals surface area contributed by atoms with E-state index >= 15 is 0 Å². The van der Waals surface area contributed by atoms with E-state index in [9.17, 15) is 22.8 Å². The van der Waals surface area contributed by atoms with Gasteiger partial charge in [-0.05, 0) is 73.9 Å². The molecular formula is C29H33F4N7. The van der Waals surface area contributed by atoms with Crippen molar-refractivity contribution < 1.29 is 17.6 Å². The van der Waals surface area contributed by atoms with Gasteiger partial charge in [0.2, 0.25) is 0 Å². The highest BCUT2D eigenvalue weighted by atomic mass is 19.4. The van der Waals surface area contributed by atoms with Crippen LogP contribution in [-0.2, 0) is 26.3 Å². The summed E-state index contributed by atoms with van der Waals surface area (Å²) in [4.78, 5) is 6.15. The maximum absolute atomic E-state index is 14.1. The number of hydrogen-bond acceptors (Lipinski definition) is 6. The molecule has 1 aromatic carbocycles. The minimum absolute atomic E-state index is 0.0664. The molecule has 1 atom stereocenters. The summed E-state index contributed by atoms with van der Waals surface area (Å²) in [5.41, 5.74) is 0.133. The number of likely N-dealkylation sites (tertiary alicyclic amines) is 1. The van der Waals surface area contributed by atoms with Crippen LogP contribution in [0.3, 0.4) is 0 Å². The summed E-state index contributed by atoms with van der Waals surface area (Å²) in [6, 6.07) is 8.66. The molecule has 3 aromatic rings. The van der Waals surface area contributed by atoms with Crippen molar-refractivity contribution in [3.8, 4) is 6.07 Å². The van der Waals surface area contributed by atoms with Crippen molar-refractivity contribution in [3.63, 3.8) is 0 Å². The van der Waals surface area contributed by atoms with E-state index in [2.05, 4.69) is 26.6 Å². The Morgan fingerprint density at radius 3 is 2.52 bits per heavy atom. The summed E-state index contributed by atoms with van der Waals surface area (Å²) < 4.78 is 58.2. The quantitative estimate of drug-likeness (QED) is 0.345. The number of nitrogens with one attached hydrogen (secondary N) is 1. The summed E-state index contributed by atoms with van der Waals surface area (Å²) >= 11 is 0. The molecule has 1 N–H and O–H groups in total. The molecule has 0 spiro atoms. The fourth-order valence-electron chi connectivity index (χ4n) is 5.61. The number of anilines is 1. The summed E-state index contributed by atoms with van der Waals surface area (Å²) in [6.07, 6.45) is 2.43. The number of nitriles is 1. The molecule has 1 unspecified atom stereocenters. The lowest BCUT2D eigenvalue weighted by atomic mass is 9.72. The molecule has 1 aliphatic carbocycles. The first-order valence-electron chi connectivity index (χ1n) is 13.6. The van der Waals surface area contributed by atoms with Crippen LogP contribution in [0, 0.1) is 17.2 Å². The Morgan fingerprint density at radius 1 is 1.18 bits per heavy atom. The average Bonchev–Trinajstić information content (AvgIpc) is 3.30. The lowest BCUT2D eigenvalue weighted by Gasteiger charge is -2.34. The van der Waals surface area contributed by atoms with Crippen LogP contribution in [0.25, 0.3) is 0 Å². The van der Waals surface area contributed by atoms with Crippen LogP contribution in [-0.4, -0.2) is 43.4 Å². The number of alkyl halides is 4. The van der Waals surface area contributed by atoms with Crippen molar-refractivity contribution in [1.29, 1.82) is 5.26 Å². The van der Waals surface area contributed by atoms with Gasteiger partial charge in [-0.25, -0.2) is 4.39 Å². The highest BCUT2D eigenvalue weighted by Crippen LogP contribution is 2.43. The number of benzene rings is 1. The molecule has 3 heterocycles. The molecular weight excluding hydrogens is 522 g/mol. The zero-order chi connectivity index (χ0) is 28.5. The largest absolute Gasteiger partial charge is 0.418 e. The lowest BCUT2D eigenvalue weighted by molar-refractivity contribution is -0.138. The van der Waals surface area contributed by atoms with Crippen molar-refractivity contribution in [3.05, 3.63) is 70.6 Å². The number of pyridine rings is 1. The van der Waals surface area contributed by atoms with E-state index in [1.165, 1.54) is 6.20 Å². The molecule has 2 fully saturated rings. The average molecular weight is 556 g/mol. The number of aryl methyl sites for hydroxylation is 1. The number of nitrogens with zero attached hydrogens (tertiary/aromatic N) is 6. The Hall–Kier alpha value is -3.52. The van der Waals surface area contributed by atoms with Crippen LogP contribution in [0.4, 0.5) is 23.2 Å². The molecule has 0 amide bonds. The van der Waals surface area contributed by atoms with Gasteiger partial charge in [-0.15, -0.1) is 10.2 Å². The molecule has 2 aliphatic rings. The molecule has 1 saturated carbocycles. The summed E-state index contributed by atoms with van der Waals surface area (Å²) in [7, 11) is 1.88. The van der Waals surface area contributed by atoms with Crippen molar-refractivity contribution in [2.45, 2.75) is 69.9 Å². The molecule has 11 heteroatoms. The first-order chi connectivity index (χ1) is 19.0. The van der Waals surface area contributed by atoms with Crippen molar-refractivity contribution in [2.75, 3.05) is 18.4 Å². The van der Waals surface area contributed by atoms with Crippen LogP contribution in [0.1, 0.15) is 78.7 Å². The Balaban J connectivity index is 1.37. The van der Waals surface area contributed by atoms with Gasteiger partial charge in [0, 0.05) is 44.5 Å². The van der Waals surface area contributed by atoms with Gasteiger partial charge < -0.3 is 9.88 Å². The van der Waals surface area contributed by atoms with Crippen molar-refractivity contribution in [2.24, 2.45) is 13.0 Å². The zero-order valence-corrected chi connectivity index (χ0v) is 22.7. The fraction of sp³-hybridized carbons (Fsp3) is 0.517. The molecule has 1 aliphatic heterocycles. The highest BCUT2D eigenvalue weighted by Gasteiger charge is 2.36. The van der Waals surface area contributed by atoms with Gasteiger partial charge >= 0.3 is 6.18 Å². The Kier molecular flexibility index (Phi) is 7.82. The highest BCUT2D eigenvalue weighted by molar-refractivity contribution is 5.54. The molecule has 1 saturated heterocycles. The standard InChI is InChI=1S/C29H33F4N7/c1-28(30)6-8-40(9-7-28)17-20-12-24(29(31,32)33)25(36-15-20)16-35-23-11-19(14-34)10-22(13-23)26(21-4-3-5-21)27-38-37-18-39(27)2/h10-13,15,18,21,26,35H,3-9,16-17H2,1-2H3. The van der Waals surface area contributed by atoms with Crippen LogP contribution >= 0.6 is 0 Å². The fourth-order valence-corrected chi connectivity index (χ4v) is 5.61. The van der Waals surface area contributed by atoms with Gasteiger partial charge in [0.15, 0.2) is 0 Å². The number of hydrogen-bond donors (Lipinski definition) is 1. The van der Waals surface area contributed by atoms with E-state index in [4.69, 9.17) is 0 Å². The minimum Gasteiger partial charge on any atom is -0.379 e. The Labute approximate surface area is 231 Å². The second-order valence-electron chi connectivity index (χ2n) is 11.3. The van der Waals surface area contributed by atoms with Gasteiger partial charge in [0.25, 0.3) is 0 Å². The van der Waals surface area contributed by atoms with E-state index in [1.807, 2.05) is 28.6 Å². The van der Waals surface area contributed by atoms with Crippen molar-refractivity contribution >= 4 is 5.69 Å². The van der Waals surface area contributed by atoms with Gasteiger partial charge in [-0.1, -0.05) is 6.42 Å². The molecule has 40 heavy (non-hydrogen) atoms. The second-order valence-corrected chi connectivity index (χ2v) is 11.3. The summed E-state index contributed by atoms with van der Waals surface area (Å²) in [5.74, 6) is 1.09. The summed E-state index contributed by atoms with van der Waals surface area (Å²) in [6.45, 7) is 2.67. The van der Waals surface area contributed by atoms with Crippen LogP contribution < -0.4 is 5.32 Å². The van der Waals surface area contributed by atoms with E-state index in [1.54, 1.807) is 19.3 Å². The van der Waals surface area contributed by atoms with Crippen LogP contribution in [0.15, 0.2) is 36.8 Å². The van der Waals surface area contributed by atoms with E-state index in [-0.39, 0.29) is 24.7 Å². The predicted molar refractivity (Wildman–Crippen MR) is 142 cm³/mol. The number of piperidine rings is 1. The topological polar surface area (TPSA) is 82.7 Å². The normalized spacial score (nSPS) is 18.6. The number of halogens is 4. The van der Waals surface area contributed by atoms with E-state index in [0.717, 1.165) is 36.7 Å². The molecule has 5 rings (SSSR count). The number of rotatable bonds is 8. The maximum atomic E-state index is 14.1. The monoisotopic (exact) mass is 555 g/mol. The van der Waals surface area contributed by atoms with Gasteiger partial charge in [-0.2, -0.15) is 18.4 Å². The van der Waals surface area contributed by atoms with E-state index < -0.39 is 17.4 Å². The molecule has 0 bridgehead atoms. The Bertz CT molecular complexity index is 1380. The van der Waals surface area contributed by atoms with Crippen LogP contribution in [0.5, 0.6) is 0 Å². The Morgan fingerprint density at radius 2 is 1.93 bits per heavy atom. The predicted octanol–water partition coefficient (Wildman–Crippen LogP) is 5.97. The second kappa shape index (κ2) is 11.2. The zero-order valence-electron chi connectivity index (χ0n) is 22.7. The lowest BCUT2D eigenvalue weighted by Crippen LogP contribution is -2.39. The third kappa shape index (κ3) is 6.28. The molecule has 212 valence electrons. The van der Waals surface area contributed by atoms with Crippen LogP contribution in [0.2, 0.25) is 0 Å². The maximum Gasteiger partial charge on any atom is 0.418 e. The smallest absolute Gasteiger partial charge is 0.379 e. The summed E-state index contributed by atoms with van der Waals surface area (Å²) in [5, 5.41) is 21.1.